The van der Waals surface area contributed by atoms with E-state index < -0.39 is 0 Å². The first-order valence-corrected chi connectivity index (χ1v) is 7.91. The van der Waals surface area contributed by atoms with Gasteiger partial charge in [0.2, 0.25) is 0 Å². The topological polar surface area (TPSA) is 49.8 Å². The molecule has 1 aliphatic rings. The maximum absolute atomic E-state index is 12.7. The molecule has 2 rings (SSSR count). The van der Waals surface area contributed by atoms with Gasteiger partial charge in [-0.15, -0.1) is 0 Å². The van der Waals surface area contributed by atoms with Crippen molar-refractivity contribution in [2.24, 2.45) is 0 Å². The molecule has 4 heteroatoms. The number of likely N-dealkylation sites (tertiary alicyclic amines) is 1. The first-order valence-electron chi connectivity index (χ1n) is 7.91. The van der Waals surface area contributed by atoms with E-state index in [-0.39, 0.29) is 18.6 Å². The Hall–Kier alpha value is -1.55. The summed E-state index contributed by atoms with van der Waals surface area (Å²) in [4.78, 5) is 14.5. The van der Waals surface area contributed by atoms with Crippen molar-refractivity contribution < 1.29 is 14.6 Å². The lowest BCUT2D eigenvalue weighted by Crippen LogP contribution is -2.42. The number of hydrogen-bond acceptors (Lipinski definition) is 3. The molecule has 21 heavy (non-hydrogen) atoms. The zero-order chi connectivity index (χ0) is 15.1. The molecule has 1 aliphatic heterocycles. The molecule has 1 atom stereocenters. The molecule has 0 radical (unpaired) electrons. The maximum atomic E-state index is 12.7. The number of benzene rings is 1. The summed E-state index contributed by atoms with van der Waals surface area (Å²) in [6.45, 7) is 3.47. The SMILES string of the molecule is CCCOc1cccc(C(=O)N2CCCCCC2CO)c1. The minimum Gasteiger partial charge on any atom is -0.494 e. The quantitative estimate of drug-likeness (QED) is 0.907. The van der Waals surface area contributed by atoms with Crippen molar-refractivity contribution >= 4 is 5.91 Å². The fourth-order valence-electron chi connectivity index (χ4n) is 2.74. The van der Waals surface area contributed by atoms with Crippen LogP contribution >= 0.6 is 0 Å². The van der Waals surface area contributed by atoms with Crippen LogP contribution in [0.15, 0.2) is 24.3 Å². The second kappa shape index (κ2) is 8.03. The first kappa shape index (κ1) is 15.8. The molecule has 0 saturated carbocycles. The van der Waals surface area contributed by atoms with E-state index in [1.807, 2.05) is 23.1 Å². The lowest BCUT2D eigenvalue weighted by atomic mass is 10.1. The molecule has 1 saturated heterocycles. The van der Waals surface area contributed by atoms with Crippen LogP contribution in [0.3, 0.4) is 0 Å². The van der Waals surface area contributed by atoms with Crippen molar-refractivity contribution in [2.45, 2.75) is 45.1 Å². The summed E-state index contributed by atoms with van der Waals surface area (Å²) in [5.74, 6) is 0.732. The van der Waals surface area contributed by atoms with E-state index >= 15 is 0 Å². The number of amides is 1. The number of aliphatic hydroxyl groups is 1. The number of aliphatic hydroxyl groups excluding tert-OH is 1. The zero-order valence-electron chi connectivity index (χ0n) is 12.8. The molecule has 1 N–H and O–H groups in total. The summed E-state index contributed by atoms with van der Waals surface area (Å²) >= 11 is 0. The average molecular weight is 291 g/mol. The van der Waals surface area contributed by atoms with Crippen LogP contribution < -0.4 is 4.74 Å². The maximum Gasteiger partial charge on any atom is 0.254 e. The molecule has 1 amide bonds. The third-order valence-electron chi connectivity index (χ3n) is 3.90. The van der Waals surface area contributed by atoms with E-state index in [4.69, 9.17) is 4.74 Å². The van der Waals surface area contributed by atoms with Gasteiger partial charge in [-0.3, -0.25) is 4.79 Å². The van der Waals surface area contributed by atoms with Crippen LogP contribution in [0.4, 0.5) is 0 Å². The fourth-order valence-corrected chi connectivity index (χ4v) is 2.74. The lowest BCUT2D eigenvalue weighted by molar-refractivity contribution is 0.0599. The lowest BCUT2D eigenvalue weighted by Gasteiger charge is -2.28. The Kier molecular flexibility index (Phi) is 6.05. The smallest absolute Gasteiger partial charge is 0.254 e. The molecule has 1 fully saturated rings. The van der Waals surface area contributed by atoms with Gasteiger partial charge in [-0.05, 0) is 37.5 Å². The summed E-state index contributed by atoms with van der Waals surface area (Å²) in [5, 5.41) is 9.53. The van der Waals surface area contributed by atoms with Crippen molar-refractivity contribution in [3.8, 4) is 5.75 Å². The van der Waals surface area contributed by atoms with Crippen molar-refractivity contribution in [1.29, 1.82) is 0 Å². The highest BCUT2D eigenvalue weighted by atomic mass is 16.5. The molecule has 0 aliphatic carbocycles. The zero-order valence-corrected chi connectivity index (χ0v) is 12.8. The first-order chi connectivity index (χ1) is 10.3. The monoisotopic (exact) mass is 291 g/mol. The van der Waals surface area contributed by atoms with Gasteiger partial charge in [0.25, 0.3) is 5.91 Å². The molecule has 116 valence electrons. The van der Waals surface area contributed by atoms with Crippen LogP contribution in [-0.2, 0) is 0 Å². The third kappa shape index (κ3) is 4.21. The predicted octanol–water partition coefficient (Wildman–Crippen LogP) is 2.85. The van der Waals surface area contributed by atoms with Gasteiger partial charge in [0.15, 0.2) is 0 Å². The van der Waals surface area contributed by atoms with E-state index in [1.54, 1.807) is 6.07 Å². The van der Waals surface area contributed by atoms with Crippen molar-refractivity contribution in [2.75, 3.05) is 19.8 Å². The summed E-state index contributed by atoms with van der Waals surface area (Å²) in [5.41, 5.74) is 0.643. The van der Waals surface area contributed by atoms with E-state index in [1.165, 1.54) is 0 Å². The Labute approximate surface area is 126 Å². The molecule has 0 bridgehead atoms. The highest BCUT2D eigenvalue weighted by Gasteiger charge is 2.25. The number of ether oxygens (including phenoxy) is 1. The van der Waals surface area contributed by atoms with Gasteiger partial charge in [0.1, 0.15) is 5.75 Å². The van der Waals surface area contributed by atoms with E-state index in [0.29, 0.717) is 12.2 Å². The van der Waals surface area contributed by atoms with Crippen LogP contribution in [-0.4, -0.2) is 41.7 Å². The summed E-state index contributed by atoms with van der Waals surface area (Å²) in [7, 11) is 0. The molecule has 1 aromatic rings. The molecule has 1 aromatic carbocycles. The third-order valence-corrected chi connectivity index (χ3v) is 3.90. The van der Waals surface area contributed by atoms with Crippen LogP contribution in [0.2, 0.25) is 0 Å². The summed E-state index contributed by atoms with van der Waals surface area (Å²) in [6, 6.07) is 7.29. The second-order valence-corrected chi connectivity index (χ2v) is 5.56. The molecule has 4 nitrogen and oxygen atoms in total. The number of hydrogen-bond donors (Lipinski definition) is 1. The predicted molar refractivity (Wildman–Crippen MR) is 82.6 cm³/mol. The van der Waals surface area contributed by atoms with Crippen LogP contribution in [0, 0.1) is 0 Å². The normalized spacial score (nSPS) is 19.1. The number of nitrogens with zero attached hydrogens (tertiary/aromatic N) is 1. The Balaban J connectivity index is 2.13. The van der Waals surface area contributed by atoms with Crippen molar-refractivity contribution in [3.63, 3.8) is 0 Å². The Morgan fingerprint density at radius 3 is 3.00 bits per heavy atom. The number of carbonyl (C=O) groups excluding carboxylic acids is 1. The summed E-state index contributed by atoms with van der Waals surface area (Å²) in [6.07, 6.45) is 5.04. The van der Waals surface area contributed by atoms with Gasteiger partial charge < -0.3 is 14.7 Å². The number of rotatable bonds is 5. The molecule has 0 aromatic heterocycles. The summed E-state index contributed by atoms with van der Waals surface area (Å²) < 4.78 is 5.59. The van der Waals surface area contributed by atoms with Crippen LogP contribution in [0.25, 0.3) is 0 Å². The largest absolute Gasteiger partial charge is 0.494 e. The standard InChI is InChI=1S/C17H25NO3/c1-2-11-21-16-9-6-7-14(12-16)17(20)18-10-5-3-4-8-15(18)13-19/h6-7,9,12,15,19H,2-5,8,10-11,13H2,1H3. The fraction of sp³-hybridized carbons (Fsp3) is 0.588. The van der Waals surface area contributed by atoms with E-state index in [0.717, 1.165) is 44.4 Å². The molecular weight excluding hydrogens is 266 g/mol. The Morgan fingerprint density at radius 1 is 1.38 bits per heavy atom. The second-order valence-electron chi connectivity index (χ2n) is 5.56. The highest BCUT2D eigenvalue weighted by Crippen LogP contribution is 2.21. The molecule has 1 unspecified atom stereocenters. The average Bonchev–Trinajstić information content (AvgIpc) is 2.77. The van der Waals surface area contributed by atoms with Gasteiger partial charge in [-0.25, -0.2) is 0 Å². The highest BCUT2D eigenvalue weighted by molar-refractivity contribution is 5.94. The molecule has 0 spiro atoms. The van der Waals surface area contributed by atoms with Gasteiger partial charge in [-0.1, -0.05) is 25.8 Å². The van der Waals surface area contributed by atoms with Gasteiger partial charge in [0, 0.05) is 12.1 Å². The number of carbonyl (C=O) groups is 1. The van der Waals surface area contributed by atoms with Crippen LogP contribution in [0.5, 0.6) is 5.75 Å². The van der Waals surface area contributed by atoms with Gasteiger partial charge in [-0.2, -0.15) is 0 Å². The van der Waals surface area contributed by atoms with Crippen LogP contribution in [0.1, 0.15) is 49.4 Å². The van der Waals surface area contributed by atoms with Crippen molar-refractivity contribution in [3.05, 3.63) is 29.8 Å². The Morgan fingerprint density at radius 2 is 2.24 bits per heavy atom. The van der Waals surface area contributed by atoms with Crippen molar-refractivity contribution in [1.82, 2.24) is 4.90 Å². The van der Waals surface area contributed by atoms with E-state index in [2.05, 4.69) is 6.92 Å². The van der Waals surface area contributed by atoms with E-state index in [9.17, 15) is 9.90 Å². The Bertz CT molecular complexity index is 461. The minimum absolute atomic E-state index is 0.00195. The molecule has 1 heterocycles. The van der Waals surface area contributed by atoms with Gasteiger partial charge >= 0.3 is 0 Å². The minimum atomic E-state index is -0.0554. The molecular formula is C17H25NO3. The van der Waals surface area contributed by atoms with Gasteiger partial charge in [0.05, 0.1) is 19.3 Å².